The minimum atomic E-state index is 1.10. The van der Waals surface area contributed by atoms with Crippen LogP contribution in [-0.4, -0.2) is 14.5 Å². The van der Waals surface area contributed by atoms with E-state index in [1.54, 1.807) is 0 Å². The monoisotopic (exact) mass is 488 g/mol. The van der Waals surface area contributed by atoms with Gasteiger partial charge in [-0.2, -0.15) is 0 Å². The van der Waals surface area contributed by atoms with Gasteiger partial charge in [-0.1, -0.05) is 48.5 Å². The highest BCUT2D eigenvalue weighted by molar-refractivity contribution is 6.10. The highest BCUT2D eigenvalue weighted by atomic mass is 15.1. The van der Waals surface area contributed by atoms with Gasteiger partial charge in [0.1, 0.15) is 0 Å². The quantitative estimate of drug-likeness (QED) is 0.243. The molecule has 0 spiro atoms. The molecule has 4 heteroatoms. The zero-order valence-electron chi connectivity index (χ0n) is 20.6. The van der Waals surface area contributed by atoms with E-state index in [2.05, 4.69) is 129 Å². The summed E-state index contributed by atoms with van der Waals surface area (Å²) in [5.41, 5.74) is 9.06. The van der Waals surface area contributed by atoms with Crippen LogP contribution in [0.4, 0.5) is 17.1 Å². The molecule has 7 rings (SSSR count). The van der Waals surface area contributed by atoms with Gasteiger partial charge in [0.2, 0.25) is 0 Å². The second-order valence-corrected chi connectivity index (χ2v) is 9.22. The number of fused-ring (bicyclic) bond motifs is 3. The lowest BCUT2D eigenvalue weighted by atomic mass is 10.1. The molecule has 4 aromatic carbocycles. The Balaban J connectivity index is 1.40. The standard InChI is InChI=1S/C34H24N4/c1-3-7-27(8-4-1)37(28-9-5-2-6-10-28)30-15-16-33-31(23-30)32-24-36-22-19-34(32)38(33)29-13-11-25(12-14-29)26-17-20-35-21-18-26/h1-24H. The van der Waals surface area contributed by atoms with Crippen molar-refractivity contribution in [1.29, 1.82) is 0 Å². The molecular formula is C34H24N4. The van der Waals surface area contributed by atoms with Crippen molar-refractivity contribution in [2.45, 2.75) is 0 Å². The number of hydrogen-bond acceptors (Lipinski definition) is 3. The van der Waals surface area contributed by atoms with Crippen molar-refractivity contribution in [3.8, 4) is 16.8 Å². The Kier molecular flexibility index (Phi) is 5.41. The summed E-state index contributed by atoms with van der Waals surface area (Å²) in [4.78, 5) is 10.9. The molecule has 0 N–H and O–H groups in total. The van der Waals surface area contributed by atoms with Crippen molar-refractivity contribution in [3.63, 3.8) is 0 Å². The van der Waals surface area contributed by atoms with E-state index in [0.717, 1.165) is 44.7 Å². The highest BCUT2D eigenvalue weighted by Gasteiger charge is 2.17. The molecule has 0 amide bonds. The van der Waals surface area contributed by atoms with E-state index in [4.69, 9.17) is 0 Å². The number of anilines is 3. The van der Waals surface area contributed by atoms with Gasteiger partial charge in [0.05, 0.1) is 11.0 Å². The van der Waals surface area contributed by atoms with Crippen LogP contribution in [0.2, 0.25) is 0 Å². The average molecular weight is 489 g/mol. The van der Waals surface area contributed by atoms with E-state index in [1.165, 1.54) is 10.9 Å². The maximum Gasteiger partial charge on any atom is 0.0571 e. The maximum absolute atomic E-state index is 4.48. The van der Waals surface area contributed by atoms with Crippen molar-refractivity contribution >= 4 is 38.9 Å². The number of nitrogens with zero attached hydrogens (tertiary/aromatic N) is 4. The van der Waals surface area contributed by atoms with Crippen LogP contribution in [0.15, 0.2) is 146 Å². The Bertz CT molecular complexity index is 1800. The smallest absolute Gasteiger partial charge is 0.0571 e. The van der Waals surface area contributed by atoms with Crippen molar-refractivity contribution in [2.75, 3.05) is 4.90 Å². The molecule has 38 heavy (non-hydrogen) atoms. The Morgan fingerprint density at radius 3 is 1.76 bits per heavy atom. The van der Waals surface area contributed by atoms with E-state index < -0.39 is 0 Å². The third kappa shape index (κ3) is 3.80. The summed E-state index contributed by atoms with van der Waals surface area (Å²) in [7, 11) is 0. The maximum atomic E-state index is 4.48. The van der Waals surface area contributed by atoms with Crippen molar-refractivity contribution in [2.24, 2.45) is 0 Å². The topological polar surface area (TPSA) is 34.0 Å². The van der Waals surface area contributed by atoms with Gasteiger partial charge in [-0.25, -0.2) is 0 Å². The molecule has 3 aromatic heterocycles. The molecule has 0 bridgehead atoms. The van der Waals surface area contributed by atoms with Gasteiger partial charge in [0.15, 0.2) is 0 Å². The number of aromatic nitrogens is 3. The van der Waals surface area contributed by atoms with E-state index in [1.807, 2.05) is 36.9 Å². The Labute approximate surface area is 221 Å². The van der Waals surface area contributed by atoms with Crippen LogP contribution >= 0.6 is 0 Å². The molecule has 3 heterocycles. The van der Waals surface area contributed by atoms with E-state index in [9.17, 15) is 0 Å². The normalized spacial score (nSPS) is 11.2. The fourth-order valence-corrected chi connectivity index (χ4v) is 5.22. The SMILES string of the molecule is c1ccc(N(c2ccccc2)c2ccc3c(c2)c2cnccc2n3-c2ccc(-c3ccncc3)cc2)cc1. The summed E-state index contributed by atoms with van der Waals surface area (Å²) in [6.45, 7) is 0. The minimum Gasteiger partial charge on any atom is -0.310 e. The molecule has 0 unspecified atom stereocenters. The first-order valence-electron chi connectivity index (χ1n) is 12.7. The van der Waals surface area contributed by atoms with E-state index in [-0.39, 0.29) is 0 Å². The van der Waals surface area contributed by atoms with Crippen LogP contribution in [0.1, 0.15) is 0 Å². The third-order valence-electron chi connectivity index (χ3n) is 6.98. The Morgan fingerprint density at radius 2 is 1.08 bits per heavy atom. The van der Waals surface area contributed by atoms with Crippen molar-refractivity contribution < 1.29 is 0 Å². The van der Waals surface area contributed by atoms with E-state index >= 15 is 0 Å². The lowest BCUT2D eigenvalue weighted by Crippen LogP contribution is -2.09. The number of pyridine rings is 2. The number of hydrogen-bond donors (Lipinski definition) is 0. The summed E-state index contributed by atoms with van der Waals surface area (Å²) in [5, 5.41) is 2.30. The molecule has 0 aliphatic heterocycles. The van der Waals surface area contributed by atoms with Crippen LogP contribution < -0.4 is 4.90 Å². The fraction of sp³-hybridized carbons (Fsp3) is 0. The Morgan fingerprint density at radius 1 is 0.474 bits per heavy atom. The summed E-state index contributed by atoms with van der Waals surface area (Å²) in [6.07, 6.45) is 7.49. The van der Waals surface area contributed by atoms with Gasteiger partial charge in [-0.05, 0) is 83.9 Å². The first-order valence-corrected chi connectivity index (χ1v) is 12.7. The van der Waals surface area contributed by atoms with Crippen LogP contribution in [-0.2, 0) is 0 Å². The lowest BCUT2D eigenvalue weighted by molar-refractivity contribution is 1.17. The predicted molar refractivity (Wildman–Crippen MR) is 156 cm³/mol. The van der Waals surface area contributed by atoms with Crippen molar-refractivity contribution in [1.82, 2.24) is 14.5 Å². The van der Waals surface area contributed by atoms with Gasteiger partial charge >= 0.3 is 0 Å². The van der Waals surface area contributed by atoms with Gasteiger partial charge in [0, 0.05) is 58.3 Å². The second kappa shape index (κ2) is 9.34. The summed E-state index contributed by atoms with van der Waals surface area (Å²) >= 11 is 0. The zero-order valence-corrected chi connectivity index (χ0v) is 20.6. The molecule has 0 fully saturated rings. The van der Waals surface area contributed by atoms with Crippen molar-refractivity contribution in [3.05, 3.63) is 146 Å². The highest BCUT2D eigenvalue weighted by Crippen LogP contribution is 2.39. The number of benzene rings is 4. The van der Waals surface area contributed by atoms with Gasteiger partial charge in [0.25, 0.3) is 0 Å². The minimum absolute atomic E-state index is 1.10. The predicted octanol–water partition coefficient (Wildman–Crippen LogP) is 8.71. The number of rotatable bonds is 5. The number of para-hydroxylation sites is 2. The first-order chi connectivity index (χ1) is 18.9. The van der Waals surface area contributed by atoms with E-state index in [0.29, 0.717) is 0 Å². The fourth-order valence-electron chi connectivity index (χ4n) is 5.22. The largest absolute Gasteiger partial charge is 0.310 e. The molecule has 0 aliphatic carbocycles. The average Bonchev–Trinajstić information content (AvgIpc) is 3.33. The van der Waals surface area contributed by atoms with Crippen LogP contribution in [0, 0.1) is 0 Å². The molecule has 7 aromatic rings. The molecular weight excluding hydrogens is 464 g/mol. The summed E-state index contributed by atoms with van der Waals surface area (Å²) in [5.74, 6) is 0. The molecule has 0 saturated heterocycles. The molecule has 180 valence electrons. The zero-order chi connectivity index (χ0) is 25.3. The third-order valence-corrected chi connectivity index (χ3v) is 6.98. The molecule has 0 aliphatic rings. The lowest BCUT2D eigenvalue weighted by Gasteiger charge is -2.25. The van der Waals surface area contributed by atoms with Crippen LogP contribution in [0.5, 0.6) is 0 Å². The molecule has 4 nitrogen and oxygen atoms in total. The summed E-state index contributed by atoms with van der Waals surface area (Å²) in [6, 6.07) is 42.6. The van der Waals surface area contributed by atoms with Crippen LogP contribution in [0.3, 0.4) is 0 Å². The molecule has 0 radical (unpaired) electrons. The van der Waals surface area contributed by atoms with Gasteiger partial charge < -0.3 is 9.47 Å². The van der Waals surface area contributed by atoms with Gasteiger partial charge in [-0.15, -0.1) is 0 Å². The van der Waals surface area contributed by atoms with Gasteiger partial charge in [-0.3, -0.25) is 9.97 Å². The molecule has 0 saturated carbocycles. The van der Waals surface area contributed by atoms with Crippen LogP contribution in [0.25, 0.3) is 38.6 Å². The molecule has 0 atom stereocenters. The first kappa shape index (κ1) is 22.0. The summed E-state index contributed by atoms with van der Waals surface area (Å²) < 4.78 is 2.32. The Hall–Kier alpha value is -5.22. The second-order valence-electron chi connectivity index (χ2n) is 9.22.